The number of thiazole rings is 1. The quantitative estimate of drug-likeness (QED) is 0.838. The van der Waals surface area contributed by atoms with Crippen LogP contribution in [0.25, 0.3) is 0 Å². The van der Waals surface area contributed by atoms with Crippen LogP contribution in [-0.2, 0) is 4.79 Å². The van der Waals surface area contributed by atoms with Gasteiger partial charge in [-0.15, -0.1) is 23.7 Å². The van der Waals surface area contributed by atoms with Gasteiger partial charge in [0.15, 0.2) is 5.13 Å². The molecule has 3 rings (SSSR count). The van der Waals surface area contributed by atoms with Crippen molar-refractivity contribution in [3.63, 3.8) is 0 Å². The normalized spacial score (nSPS) is 14.0. The predicted molar refractivity (Wildman–Crippen MR) is 97.4 cm³/mol. The number of nitrogens with zero attached hydrogens (tertiary/aromatic N) is 4. The van der Waals surface area contributed by atoms with E-state index in [9.17, 15) is 4.79 Å². The Morgan fingerprint density at radius 3 is 2.71 bits per heavy atom. The van der Waals surface area contributed by atoms with Crippen molar-refractivity contribution in [3.8, 4) is 0 Å². The fourth-order valence-electron chi connectivity index (χ4n) is 2.52. The second-order valence-corrected chi connectivity index (χ2v) is 6.53. The van der Waals surface area contributed by atoms with Crippen LogP contribution in [0.5, 0.6) is 0 Å². The van der Waals surface area contributed by atoms with Crippen LogP contribution >= 0.6 is 23.7 Å². The predicted octanol–water partition coefficient (Wildman–Crippen LogP) is 1.86. The number of amides is 1. The van der Waals surface area contributed by atoms with E-state index < -0.39 is 0 Å². The molecule has 1 amide bonds. The molecule has 1 saturated heterocycles. The van der Waals surface area contributed by atoms with Gasteiger partial charge < -0.3 is 15.5 Å². The zero-order valence-corrected chi connectivity index (χ0v) is 15.5. The van der Waals surface area contributed by atoms with Crippen LogP contribution in [0.3, 0.4) is 0 Å². The number of aryl methyl sites for hydroxylation is 2. The summed E-state index contributed by atoms with van der Waals surface area (Å²) in [5, 5.41) is 8.93. The van der Waals surface area contributed by atoms with Crippen molar-refractivity contribution in [2.24, 2.45) is 0 Å². The third-order valence-corrected chi connectivity index (χ3v) is 4.57. The van der Waals surface area contributed by atoms with Crippen molar-refractivity contribution in [1.82, 2.24) is 25.2 Å². The van der Waals surface area contributed by atoms with E-state index in [0.717, 1.165) is 28.2 Å². The molecule has 2 aromatic heterocycles. The van der Waals surface area contributed by atoms with Gasteiger partial charge in [-0.2, -0.15) is 0 Å². The molecule has 0 radical (unpaired) electrons. The van der Waals surface area contributed by atoms with Gasteiger partial charge in [-0.1, -0.05) is 0 Å². The topological polar surface area (TPSA) is 83.0 Å². The molecule has 0 atom stereocenters. The highest BCUT2D eigenvalue weighted by Gasteiger charge is 2.32. The van der Waals surface area contributed by atoms with Crippen molar-refractivity contribution < 1.29 is 4.79 Å². The summed E-state index contributed by atoms with van der Waals surface area (Å²) in [6, 6.07) is 1.95. The molecule has 0 aromatic carbocycles. The number of likely N-dealkylation sites (tertiary alicyclic amines) is 1. The Kier molecular flexibility index (Phi) is 6.09. The molecule has 1 aliphatic heterocycles. The molecular weight excluding hydrogens is 348 g/mol. The number of carbonyl (C=O) groups excluding carboxylic acids is 1. The van der Waals surface area contributed by atoms with E-state index >= 15 is 0 Å². The summed E-state index contributed by atoms with van der Waals surface area (Å²) in [5.41, 5.74) is 1.96. The summed E-state index contributed by atoms with van der Waals surface area (Å²) in [6.45, 7) is 5.65. The van der Waals surface area contributed by atoms with E-state index in [1.165, 1.54) is 0 Å². The lowest BCUT2D eigenvalue weighted by Gasteiger charge is -2.39. The maximum Gasteiger partial charge on any atom is 0.236 e. The molecule has 130 valence electrons. The van der Waals surface area contributed by atoms with E-state index in [4.69, 9.17) is 0 Å². The van der Waals surface area contributed by atoms with Gasteiger partial charge in [0.25, 0.3) is 0 Å². The third-order valence-electron chi connectivity index (χ3n) is 3.69. The first-order valence-electron chi connectivity index (χ1n) is 7.52. The average Bonchev–Trinajstić information content (AvgIpc) is 2.82. The maximum atomic E-state index is 11.8. The maximum absolute atomic E-state index is 11.8. The van der Waals surface area contributed by atoms with Crippen molar-refractivity contribution in [2.75, 3.05) is 32.0 Å². The third kappa shape index (κ3) is 4.19. The van der Waals surface area contributed by atoms with Crippen LogP contribution in [0.1, 0.15) is 23.1 Å². The Balaban J connectivity index is 0.00000208. The van der Waals surface area contributed by atoms with Crippen molar-refractivity contribution in [3.05, 3.63) is 28.7 Å². The lowest BCUT2D eigenvalue weighted by Crippen LogP contribution is -2.51. The molecule has 24 heavy (non-hydrogen) atoms. The highest BCUT2D eigenvalue weighted by Crippen LogP contribution is 2.28. The Bertz CT molecular complexity index is 716. The second-order valence-electron chi connectivity index (χ2n) is 5.67. The zero-order valence-electron chi connectivity index (χ0n) is 13.9. The van der Waals surface area contributed by atoms with Gasteiger partial charge in [-0.3, -0.25) is 4.79 Å². The standard InChI is InChI=1S/C15H20N6OS.ClH/c1-9-8-23-15(17-9)20-13-4-12(18-10(2)19-13)11-6-21(7-11)14(22)5-16-3;/h4,8,11,16H,5-7H2,1-3H3,(H,17,18,19,20);1H. The molecule has 2 N–H and O–H groups in total. The molecule has 0 spiro atoms. The van der Waals surface area contributed by atoms with E-state index in [1.807, 2.05) is 30.2 Å². The van der Waals surface area contributed by atoms with E-state index in [1.54, 1.807) is 18.4 Å². The summed E-state index contributed by atoms with van der Waals surface area (Å²) in [5.74, 6) is 1.88. The summed E-state index contributed by atoms with van der Waals surface area (Å²) >= 11 is 1.55. The van der Waals surface area contributed by atoms with Crippen LogP contribution in [0, 0.1) is 13.8 Å². The lowest BCUT2D eigenvalue weighted by atomic mass is 9.95. The highest BCUT2D eigenvalue weighted by molar-refractivity contribution is 7.13. The summed E-state index contributed by atoms with van der Waals surface area (Å²) in [7, 11) is 1.78. The number of anilines is 2. The van der Waals surface area contributed by atoms with Gasteiger partial charge in [0.2, 0.25) is 5.91 Å². The number of hydrogen-bond donors (Lipinski definition) is 2. The molecule has 9 heteroatoms. The SMILES string of the molecule is CNCC(=O)N1CC(c2cc(Nc3nc(C)cs3)nc(C)n2)C1.Cl. The van der Waals surface area contributed by atoms with Gasteiger partial charge in [0.05, 0.1) is 17.9 Å². The largest absolute Gasteiger partial charge is 0.340 e. The van der Waals surface area contributed by atoms with Crippen molar-refractivity contribution in [1.29, 1.82) is 0 Å². The molecule has 3 heterocycles. The Labute approximate surface area is 151 Å². The van der Waals surface area contributed by atoms with Gasteiger partial charge in [-0.25, -0.2) is 15.0 Å². The first-order chi connectivity index (χ1) is 11.0. The fraction of sp³-hybridized carbons (Fsp3) is 0.467. The minimum Gasteiger partial charge on any atom is -0.340 e. The van der Waals surface area contributed by atoms with Crippen LogP contribution in [0.4, 0.5) is 10.9 Å². The van der Waals surface area contributed by atoms with E-state index in [-0.39, 0.29) is 24.2 Å². The molecule has 0 bridgehead atoms. The van der Waals surface area contributed by atoms with E-state index in [2.05, 4.69) is 25.6 Å². The number of aromatic nitrogens is 3. The Morgan fingerprint density at radius 1 is 1.33 bits per heavy atom. The summed E-state index contributed by atoms with van der Waals surface area (Å²) in [4.78, 5) is 27.0. The molecule has 7 nitrogen and oxygen atoms in total. The number of hydrogen-bond acceptors (Lipinski definition) is 7. The minimum atomic E-state index is 0. The first-order valence-corrected chi connectivity index (χ1v) is 8.40. The number of nitrogens with one attached hydrogen (secondary N) is 2. The molecule has 0 saturated carbocycles. The first kappa shape index (κ1) is 18.6. The number of rotatable bonds is 5. The van der Waals surface area contributed by atoms with Gasteiger partial charge in [-0.05, 0) is 20.9 Å². The number of carbonyl (C=O) groups is 1. The van der Waals surface area contributed by atoms with Gasteiger partial charge in [0.1, 0.15) is 11.6 Å². The summed E-state index contributed by atoms with van der Waals surface area (Å²) < 4.78 is 0. The number of halogens is 1. The smallest absolute Gasteiger partial charge is 0.236 e. The van der Waals surface area contributed by atoms with Crippen molar-refractivity contribution >= 4 is 40.6 Å². The minimum absolute atomic E-state index is 0. The molecule has 2 aromatic rings. The molecule has 0 unspecified atom stereocenters. The summed E-state index contributed by atoms with van der Waals surface area (Å²) in [6.07, 6.45) is 0. The molecular formula is C15H21ClN6OS. The van der Waals surface area contributed by atoms with Gasteiger partial charge in [0, 0.05) is 30.5 Å². The average molecular weight is 369 g/mol. The fourth-order valence-corrected chi connectivity index (χ4v) is 3.21. The van der Waals surface area contributed by atoms with Gasteiger partial charge >= 0.3 is 0 Å². The molecule has 1 fully saturated rings. The van der Waals surface area contributed by atoms with Crippen LogP contribution in [0.15, 0.2) is 11.4 Å². The van der Waals surface area contributed by atoms with Crippen LogP contribution < -0.4 is 10.6 Å². The second kappa shape index (κ2) is 7.87. The highest BCUT2D eigenvalue weighted by atomic mass is 35.5. The van der Waals surface area contributed by atoms with Crippen LogP contribution in [-0.4, -0.2) is 52.4 Å². The lowest BCUT2D eigenvalue weighted by molar-refractivity contribution is -0.134. The Morgan fingerprint density at radius 2 is 2.08 bits per heavy atom. The number of likely N-dealkylation sites (N-methyl/N-ethyl adjacent to an activating group) is 1. The van der Waals surface area contributed by atoms with E-state index in [0.29, 0.717) is 19.6 Å². The molecule has 0 aliphatic carbocycles. The molecule has 1 aliphatic rings. The zero-order chi connectivity index (χ0) is 16.4. The van der Waals surface area contributed by atoms with Crippen LogP contribution in [0.2, 0.25) is 0 Å². The Hall–Kier alpha value is -1.77. The monoisotopic (exact) mass is 368 g/mol. The van der Waals surface area contributed by atoms with Crippen molar-refractivity contribution in [2.45, 2.75) is 19.8 Å².